The lowest BCUT2D eigenvalue weighted by molar-refractivity contribution is 0.0884. The van der Waals surface area contributed by atoms with Gasteiger partial charge >= 0.3 is 0 Å². The zero-order valence-corrected chi connectivity index (χ0v) is 9.62. The Bertz CT molecular complexity index is 427. The van der Waals surface area contributed by atoms with Gasteiger partial charge in [0.25, 0.3) is 0 Å². The number of nitriles is 1. The molecule has 1 aliphatic heterocycles. The van der Waals surface area contributed by atoms with Crippen molar-refractivity contribution in [3.05, 3.63) is 28.2 Å². The van der Waals surface area contributed by atoms with Crippen LogP contribution in [-0.2, 0) is 5.60 Å². The van der Waals surface area contributed by atoms with Crippen molar-refractivity contribution in [1.82, 2.24) is 0 Å². The van der Waals surface area contributed by atoms with Gasteiger partial charge in [-0.2, -0.15) is 5.26 Å². The van der Waals surface area contributed by atoms with Crippen LogP contribution in [0.15, 0.2) is 22.7 Å². The van der Waals surface area contributed by atoms with Crippen LogP contribution in [-0.4, -0.2) is 11.7 Å². The molecule has 0 fully saturated rings. The zero-order valence-electron chi connectivity index (χ0n) is 8.03. The summed E-state index contributed by atoms with van der Waals surface area (Å²) in [5.74, 6) is 0.589. The molecule has 1 aliphatic rings. The van der Waals surface area contributed by atoms with Crippen LogP contribution >= 0.6 is 15.9 Å². The molecule has 0 amide bonds. The molecular weight excluding hydrogens is 258 g/mol. The van der Waals surface area contributed by atoms with E-state index in [4.69, 9.17) is 10.00 Å². The Morgan fingerprint density at radius 2 is 2.33 bits per heavy atom. The standard InChI is InChI=1S/C11H10BrNO2/c12-8-2-3-9-10(6-8)15-5-1-4-11(9,14)7-13/h2-3,6,14H,1,4-5H2. The Kier molecular flexibility index (Phi) is 2.68. The lowest BCUT2D eigenvalue weighted by Crippen LogP contribution is -2.22. The van der Waals surface area contributed by atoms with Crippen molar-refractivity contribution in [3.8, 4) is 11.8 Å². The topological polar surface area (TPSA) is 53.2 Å². The number of hydrogen-bond acceptors (Lipinski definition) is 3. The summed E-state index contributed by atoms with van der Waals surface area (Å²) in [7, 11) is 0. The van der Waals surface area contributed by atoms with Gasteiger partial charge in [-0.25, -0.2) is 0 Å². The molecule has 3 nitrogen and oxygen atoms in total. The van der Waals surface area contributed by atoms with Gasteiger partial charge in [-0.3, -0.25) is 0 Å². The molecule has 0 radical (unpaired) electrons. The summed E-state index contributed by atoms with van der Waals surface area (Å²) in [5, 5.41) is 19.2. The number of halogens is 1. The van der Waals surface area contributed by atoms with E-state index >= 15 is 0 Å². The highest BCUT2D eigenvalue weighted by Gasteiger charge is 2.34. The number of hydrogen-bond donors (Lipinski definition) is 1. The predicted octanol–water partition coefficient (Wildman–Crippen LogP) is 2.33. The molecule has 78 valence electrons. The summed E-state index contributed by atoms with van der Waals surface area (Å²) in [6.07, 6.45) is 1.09. The number of ether oxygens (including phenoxy) is 1. The maximum atomic E-state index is 10.1. The SMILES string of the molecule is N#CC1(O)CCCOc2cc(Br)ccc21. The first-order chi connectivity index (χ1) is 7.15. The van der Waals surface area contributed by atoms with Gasteiger partial charge < -0.3 is 9.84 Å². The molecule has 1 aromatic carbocycles. The van der Waals surface area contributed by atoms with Gasteiger partial charge in [0.15, 0.2) is 5.60 Å². The van der Waals surface area contributed by atoms with E-state index in [-0.39, 0.29) is 0 Å². The van der Waals surface area contributed by atoms with Crippen molar-refractivity contribution in [2.75, 3.05) is 6.61 Å². The largest absolute Gasteiger partial charge is 0.493 e. The highest BCUT2D eigenvalue weighted by Crippen LogP contribution is 2.37. The average molecular weight is 268 g/mol. The Balaban J connectivity index is 2.56. The lowest BCUT2D eigenvalue weighted by Gasteiger charge is -2.19. The number of fused-ring (bicyclic) bond motifs is 1. The van der Waals surface area contributed by atoms with Crippen molar-refractivity contribution >= 4 is 15.9 Å². The highest BCUT2D eigenvalue weighted by molar-refractivity contribution is 9.10. The van der Waals surface area contributed by atoms with Gasteiger partial charge in [0, 0.05) is 10.0 Å². The van der Waals surface area contributed by atoms with Crippen LogP contribution in [0.3, 0.4) is 0 Å². The Labute approximate surface area is 96.4 Å². The predicted molar refractivity (Wildman–Crippen MR) is 58.4 cm³/mol. The van der Waals surface area contributed by atoms with Gasteiger partial charge in [-0.1, -0.05) is 22.0 Å². The van der Waals surface area contributed by atoms with E-state index in [2.05, 4.69) is 15.9 Å². The van der Waals surface area contributed by atoms with E-state index in [9.17, 15) is 5.11 Å². The van der Waals surface area contributed by atoms with E-state index in [1.54, 1.807) is 18.2 Å². The van der Waals surface area contributed by atoms with Crippen molar-refractivity contribution in [2.45, 2.75) is 18.4 Å². The van der Waals surface area contributed by atoms with Gasteiger partial charge in [0.05, 0.1) is 6.61 Å². The van der Waals surface area contributed by atoms with Crippen molar-refractivity contribution < 1.29 is 9.84 Å². The first-order valence-electron chi connectivity index (χ1n) is 4.72. The number of benzene rings is 1. The van der Waals surface area contributed by atoms with Crippen LogP contribution in [0.1, 0.15) is 18.4 Å². The molecule has 0 aromatic heterocycles. The Morgan fingerprint density at radius 1 is 1.53 bits per heavy atom. The molecule has 1 heterocycles. The van der Waals surface area contributed by atoms with E-state index in [1.165, 1.54) is 0 Å². The van der Waals surface area contributed by atoms with Gasteiger partial charge in [0.2, 0.25) is 0 Å². The lowest BCUT2D eigenvalue weighted by atomic mass is 9.91. The summed E-state index contributed by atoms with van der Waals surface area (Å²) < 4.78 is 6.36. The summed E-state index contributed by atoms with van der Waals surface area (Å²) in [6.45, 7) is 0.535. The number of aliphatic hydroxyl groups is 1. The number of rotatable bonds is 0. The van der Waals surface area contributed by atoms with Gasteiger partial charge in [0.1, 0.15) is 11.8 Å². The van der Waals surface area contributed by atoms with Gasteiger partial charge in [-0.05, 0) is 25.0 Å². The van der Waals surface area contributed by atoms with Crippen LogP contribution in [0.25, 0.3) is 0 Å². The third-order valence-corrected chi connectivity index (χ3v) is 3.01. The molecule has 0 saturated carbocycles. The molecule has 0 bridgehead atoms. The summed E-state index contributed by atoms with van der Waals surface area (Å²) in [4.78, 5) is 0. The zero-order chi connectivity index (χ0) is 10.9. The van der Waals surface area contributed by atoms with Crippen LogP contribution in [0.4, 0.5) is 0 Å². The quantitative estimate of drug-likeness (QED) is 0.735. The average Bonchev–Trinajstić information content (AvgIpc) is 2.39. The smallest absolute Gasteiger partial charge is 0.180 e. The minimum absolute atomic E-state index is 0.415. The minimum Gasteiger partial charge on any atom is -0.493 e. The van der Waals surface area contributed by atoms with Gasteiger partial charge in [-0.15, -0.1) is 0 Å². The van der Waals surface area contributed by atoms with E-state index in [0.29, 0.717) is 30.8 Å². The second kappa shape index (κ2) is 3.84. The van der Waals surface area contributed by atoms with Crippen molar-refractivity contribution in [1.29, 1.82) is 5.26 Å². The first-order valence-corrected chi connectivity index (χ1v) is 5.51. The highest BCUT2D eigenvalue weighted by atomic mass is 79.9. The molecule has 1 atom stereocenters. The molecule has 4 heteroatoms. The molecule has 15 heavy (non-hydrogen) atoms. The molecule has 0 spiro atoms. The molecule has 0 saturated heterocycles. The normalized spacial score (nSPS) is 24.6. The summed E-state index contributed by atoms with van der Waals surface area (Å²) >= 11 is 3.33. The monoisotopic (exact) mass is 267 g/mol. The second-order valence-corrected chi connectivity index (χ2v) is 4.48. The third-order valence-electron chi connectivity index (χ3n) is 2.51. The summed E-state index contributed by atoms with van der Waals surface area (Å²) in [5.41, 5.74) is -0.849. The number of nitrogens with zero attached hydrogens (tertiary/aromatic N) is 1. The van der Waals surface area contributed by atoms with E-state index in [0.717, 1.165) is 4.47 Å². The van der Waals surface area contributed by atoms with Crippen LogP contribution in [0.2, 0.25) is 0 Å². The first kappa shape index (κ1) is 10.5. The fourth-order valence-electron chi connectivity index (χ4n) is 1.72. The Hall–Kier alpha value is -1.05. The third kappa shape index (κ3) is 1.85. The fraction of sp³-hybridized carbons (Fsp3) is 0.364. The molecule has 1 N–H and O–H groups in total. The second-order valence-electron chi connectivity index (χ2n) is 3.56. The fourth-order valence-corrected chi connectivity index (χ4v) is 2.06. The molecule has 2 rings (SSSR count). The molecular formula is C11H10BrNO2. The maximum Gasteiger partial charge on any atom is 0.180 e. The summed E-state index contributed by atoms with van der Waals surface area (Å²) in [6, 6.07) is 7.27. The van der Waals surface area contributed by atoms with Crippen molar-refractivity contribution in [2.24, 2.45) is 0 Å². The maximum absolute atomic E-state index is 10.1. The Morgan fingerprint density at radius 3 is 3.07 bits per heavy atom. The van der Waals surface area contributed by atoms with Crippen molar-refractivity contribution in [3.63, 3.8) is 0 Å². The molecule has 1 aromatic rings. The molecule has 0 aliphatic carbocycles. The van der Waals surface area contributed by atoms with Crippen LogP contribution in [0, 0.1) is 11.3 Å². The van der Waals surface area contributed by atoms with Crippen LogP contribution in [0.5, 0.6) is 5.75 Å². The van der Waals surface area contributed by atoms with E-state index in [1.807, 2.05) is 6.07 Å². The van der Waals surface area contributed by atoms with Crippen LogP contribution < -0.4 is 4.74 Å². The minimum atomic E-state index is -1.41. The van der Waals surface area contributed by atoms with E-state index < -0.39 is 5.60 Å². The molecule has 1 unspecified atom stereocenters.